The standard InChI is InChI=1S/C15H22N2O2/c1-11-5-2-3-8-14(11)19-10-15(18)17-13-7-4-6-12(16)9-13/h4,6-7,9,11,14H,2-3,5,8,10,16H2,1H3,(H,17,18). The van der Waals surface area contributed by atoms with Crippen LogP contribution in [0.25, 0.3) is 0 Å². The van der Waals surface area contributed by atoms with E-state index in [0.717, 1.165) is 6.42 Å². The van der Waals surface area contributed by atoms with Crippen molar-refractivity contribution in [3.8, 4) is 0 Å². The number of nitrogens with two attached hydrogens (primary N) is 1. The molecule has 2 rings (SSSR count). The molecule has 1 fully saturated rings. The first kappa shape index (κ1) is 13.9. The molecule has 1 aromatic carbocycles. The number of amides is 1. The Morgan fingerprint density at radius 1 is 1.42 bits per heavy atom. The van der Waals surface area contributed by atoms with Gasteiger partial charge in [0.25, 0.3) is 0 Å². The number of ether oxygens (including phenoxy) is 1. The van der Waals surface area contributed by atoms with Gasteiger partial charge in [-0.15, -0.1) is 0 Å². The van der Waals surface area contributed by atoms with Crippen molar-refractivity contribution in [3.05, 3.63) is 24.3 Å². The Balaban J connectivity index is 1.78. The number of carbonyl (C=O) groups excluding carboxylic acids is 1. The number of anilines is 2. The van der Waals surface area contributed by atoms with E-state index >= 15 is 0 Å². The summed E-state index contributed by atoms with van der Waals surface area (Å²) >= 11 is 0. The van der Waals surface area contributed by atoms with E-state index < -0.39 is 0 Å². The minimum absolute atomic E-state index is 0.115. The van der Waals surface area contributed by atoms with Crippen LogP contribution in [0.5, 0.6) is 0 Å². The van der Waals surface area contributed by atoms with Gasteiger partial charge in [0.2, 0.25) is 5.91 Å². The van der Waals surface area contributed by atoms with Crippen LogP contribution in [-0.4, -0.2) is 18.6 Å². The normalized spacial score (nSPS) is 23.0. The largest absolute Gasteiger partial charge is 0.399 e. The predicted octanol–water partition coefficient (Wildman–Crippen LogP) is 2.80. The molecular weight excluding hydrogens is 240 g/mol. The number of hydrogen-bond donors (Lipinski definition) is 2. The van der Waals surface area contributed by atoms with E-state index in [-0.39, 0.29) is 18.6 Å². The summed E-state index contributed by atoms with van der Waals surface area (Å²) in [6.07, 6.45) is 4.96. The molecule has 0 spiro atoms. The lowest BCUT2D eigenvalue weighted by Crippen LogP contribution is -2.29. The quantitative estimate of drug-likeness (QED) is 0.820. The summed E-state index contributed by atoms with van der Waals surface area (Å²) in [6.45, 7) is 2.31. The molecule has 1 amide bonds. The molecule has 1 aliphatic rings. The summed E-state index contributed by atoms with van der Waals surface area (Å²) in [4.78, 5) is 11.8. The molecule has 0 saturated heterocycles. The van der Waals surface area contributed by atoms with Gasteiger partial charge in [-0.2, -0.15) is 0 Å². The molecule has 1 saturated carbocycles. The summed E-state index contributed by atoms with van der Waals surface area (Å²) in [5, 5.41) is 2.79. The van der Waals surface area contributed by atoms with Gasteiger partial charge in [-0.25, -0.2) is 0 Å². The fourth-order valence-electron chi connectivity index (χ4n) is 2.53. The fourth-order valence-corrected chi connectivity index (χ4v) is 2.53. The van der Waals surface area contributed by atoms with Crippen molar-refractivity contribution >= 4 is 17.3 Å². The molecule has 0 bridgehead atoms. The van der Waals surface area contributed by atoms with Crippen molar-refractivity contribution in [2.75, 3.05) is 17.7 Å². The summed E-state index contributed by atoms with van der Waals surface area (Å²) in [7, 11) is 0. The van der Waals surface area contributed by atoms with Crippen LogP contribution in [-0.2, 0) is 9.53 Å². The lowest BCUT2D eigenvalue weighted by molar-refractivity contribution is -0.124. The van der Waals surface area contributed by atoms with Crippen LogP contribution in [0, 0.1) is 5.92 Å². The molecule has 0 aliphatic heterocycles. The second kappa shape index (κ2) is 6.57. The molecule has 1 aliphatic carbocycles. The van der Waals surface area contributed by atoms with E-state index in [1.807, 2.05) is 12.1 Å². The van der Waals surface area contributed by atoms with E-state index in [2.05, 4.69) is 12.2 Å². The first-order valence-electron chi connectivity index (χ1n) is 6.92. The van der Waals surface area contributed by atoms with Crippen LogP contribution >= 0.6 is 0 Å². The van der Waals surface area contributed by atoms with Gasteiger partial charge in [-0.05, 0) is 37.0 Å². The van der Waals surface area contributed by atoms with Crippen LogP contribution in [0.15, 0.2) is 24.3 Å². The maximum Gasteiger partial charge on any atom is 0.250 e. The Morgan fingerprint density at radius 3 is 2.95 bits per heavy atom. The van der Waals surface area contributed by atoms with Gasteiger partial charge >= 0.3 is 0 Å². The zero-order chi connectivity index (χ0) is 13.7. The zero-order valence-corrected chi connectivity index (χ0v) is 11.4. The number of nitrogens with one attached hydrogen (secondary N) is 1. The maximum atomic E-state index is 11.8. The van der Waals surface area contributed by atoms with Crippen molar-refractivity contribution < 1.29 is 9.53 Å². The topological polar surface area (TPSA) is 64.3 Å². The highest BCUT2D eigenvalue weighted by Gasteiger charge is 2.22. The molecule has 1 aromatic rings. The van der Waals surface area contributed by atoms with Crippen molar-refractivity contribution in [3.63, 3.8) is 0 Å². The van der Waals surface area contributed by atoms with Crippen LogP contribution in [0.1, 0.15) is 32.6 Å². The first-order chi connectivity index (χ1) is 9.15. The Labute approximate surface area is 114 Å². The summed E-state index contributed by atoms with van der Waals surface area (Å²) in [5.41, 5.74) is 7.01. The molecule has 2 unspecified atom stereocenters. The van der Waals surface area contributed by atoms with Gasteiger partial charge in [-0.1, -0.05) is 25.8 Å². The van der Waals surface area contributed by atoms with E-state index in [9.17, 15) is 4.79 Å². The van der Waals surface area contributed by atoms with Crippen LogP contribution < -0.4 is 11.1 Å². The third-order valence-electron chi connectivity index (χ3n) is 3.63. The molecule has 19 heavy (non-hydrogen) atoms. The lowest BCUT2D eigenvalue weighted by atomic mass is 9.88. The minimum atomic E-state index is -0.122. The Kier molecular flexibility index (Phi) is 4.80. The summed E-state index contributed by atoms with van der Waals surface area (Å²) in [6, 6.07) is 7.16. The smallest absolute Gasteiger partial charge is 0.250 e. The maximum absolute atomic E-state index is 11.8. The molecule has 0 heterocycles. The van der Waals surface area contributed by atoms with Gasteiger partial charge in [-0.3, -0.25) is 4.79 Å². The third kappa shape index (κ3) is 4.24. The van der Waals surface area contributed by atoms with E-state index in [0.29, 0.717) is 17.3 Å². The molecule has 104 valence electrons. The summed E-state index contributed by atoms with van der Waals surface area (Å²) in [5.74, 6) is 0.428. The SMILES string of the molecule is CC1CCCCC1OCC(=O)Nc1cccc(N)c1. The second-order valence-electron chi connectivity index (χ2n) is 5.28. The second-order valence-corrected chi connectivity index (χ2v) is 5.28. The third-order valence-corrected chi connectivity index (χ3v) is 3.63. The molecule has 0 aromatic heterocycles. The first-order valence-corrected chi connectivity index (χ1v) is 6.92. The number of nitrogen functional groups attached to an aromatic ring is 1. The van der Waals surface area contributed by atoms with Crippen molar-refractivity contribution in [2.24, 2.45) is 5.92 Å². The van der Waals surface area contributed by atoms with Crippen LogP contribution in [0.2, 0.25) is 0 Å². The highest BCUT2D eigenvalue weighted by atomic mass is 16.5. The molecule has 0 radical (unpaired) electrons. The van der Waals surface area contributed by atoms with Gasteiger partial charge in [0.05, 0.1) is 6.10 Å². The number of carbonyl (C=O) groups is 1. The van der Waals surface area contributed by atoms with Crippen molar-refractivity contribution in [1.29, 1.82) is 0 Å². The number of benzene rings is 1. The molecule has 4 nitrogen and oxygen atoms in total. The molecule has 3 N–H and O–H groups in total. The average Bonchev–Trinajstić information content (AvgIpc) is 2.38. The minimum Gasteiger partial charge on any atom is -0.399 e. The van der Waals surface area contributed by atoms with E-state index in [4.69, 9.17) is 10.5 Å². The molecule has 4 heteroatoms. The fraction of sp³-hybridized carbons (Fsp3) is 0.533. The van der Waals surface area contributed by atoms with Crippen molar-refractivity contribution in [1.82, 2.24) is 0 Å². The monoisotopic (exact) mass is 262 g/mol. The van der Waals surface area contributed by atoms with Gasteiger partial charge in [0.1, 0.15) is 6.61 Å². The van der Waals surface area contributed by atoms with Crippen LogP contribution in [0.3, 0.4) is 0 Å². The van der Waals surface area contributed by atoms with E-state index in [1.54, 1.807) is 12.1 Å². The molecule has 2 atom stereocenters. The number of hydrogen-bond acceptors (Lipinski definition) is 3. The number of rotatable bonds is 4. The van der Waals surface area contributed by atoms with Crippen LogP contribution in [0.4, 0.5) is 11.4 Å². The van der Waals surface area contributed by atoms with Gasteiger partial charge in [0, 0.05) is 11.4 Å². The Bertz CT molecular complexity index is 434. The highest BCUT2D eigenvalue weighted by molar-refractivity contribution is 5.92. The molecular formula is C15H22N2O2. The highest BCUT2D eigenvalue weighted by Crippen LogP contribution is 2.26. The predicted molar refractivity (Wildman–Crippen MR) is 76.9 cm³/mol. The van der Waals surface area contributed by atoms with Gasteiger partial charge < -0.3 is 15.8 Å². The Hall–Kier alpha value is -1.55. The average molecular weight is 262 g/mol. The van der Waals surface area contributed by atoms with Crippen molar-refractivity contribution in [2.45, 2.75) is 38.7 Å². The zero-order valence-electron chi connectivity index (χ0n) is 11.4. The van der Waals surface area contributed by atoms with Gasteiger partial charge in [0.15, 0.2) is 0 Å². The summed E-state index contributed by atoms with van der Waals surface area (Å²) < 4.78 is 5.72. The lowest BCUT2D eigenvalue weighted by Gasteiger charge is -2.28. The Morgan fingerprint density at radius 2 is 2.21 bits per heavy atom. The van der Waals surface area contributed by atoms with E-state index in [1.165, 1.54) is 19.3 Å².